The molecule has 1 aromatic rings. The third-order valence-corrected chi connectivity index (χ3v) is 1.17. The van der Waals surface area contributed by atoms with Crippen molar-refractivity contribution in [1.29, 1.82) is 5.26 Å². The van der Waals surface area contributed by atoms with Crippen molar-refractivity contribution in [2.45, 2.75) is 13.0 Å². The molecule has 0 heterocycles. The van der Waals surface area contributed by atoms with E-state index in [9.17, 15) is 0 Å². The van der Waals surface area contributed by atoms with Crippen LogP contribution in [0.25, 0.3) is 0 Å². The van der Waals surface area contributed by atoms with Gasteiger partial charge in [-0.1, -0.05) is 18.2 Å². The van der Waals surface area contributed by atoms with Gasteiger partial charge in [0.15, 0.2) is 6.10 Å². The molecular weight excluding hydrogens is 138 g/mol. The van der Waals surface area contributed by atoms with Crippen molar-refractivity contribution >= 4 is 0 Å². The lowest BCUT2D eigenvalue weighted by Gasteiger charge is -2.05. The molecule has 0 saturated heterocycles. The minimum Gasteiger partial charge on any atom is -0.475 e. The molecule has 11 heavy (non-hydrogen) atoms. The van der Waals surface area contributed by atoms with Crippen LogP contribution in [-0.2, 0) is 0 Å². The van der Waals surface area contributed by atoms with E-state index in [-0.39, 0.29) is 0 Å². The fraction of sp³-hybridized carbons (Fsp3) is 0.222. The highest BCUT2D eigenvalue weighted by Gasteiger charge is 1.98. The van der Waals surface area contributed by atoms with Crippen LogP contribution in [0.3, 0.4) is 0 Å². The van der Waals surface area contributed by atoms with Crippen LogP contribution in [0, 0.1) is 17.4 Å². The molecule has 1 unspecified atom stereocenters. The zero-order valence-electron chi connectivity index (χ0n) is 6.24. The van der Waals surface area contributed by atoms with Crippen LogP contribution in [0.1, 0.15) is 6.92 Å². The van der Waals surface area contributed by atoms with Crippen LogP contribution in [-0.4, -0.2) is 6.10 Å². The maximum atomic E-state index is 8.41. The van der Waals surface area contributed by atoms with Gasteiger partial charge in [0.25, 0.3) is 0 Å². The smallest absolute Gasteiger partial charge is 0.181 e. The third-order valence-electron chi connectivity index (χ3n) is 1.17. The molecule has 2 nitrogen and oxygen atoms in total. The topological polar surface area (TPSA) is 33.0 Å². The first kappa shape index (κ1) is 7.62. The predicted octanol–water partition coefficient (Wildman–Crippen LogP) is 1.78. The second-order valence-electron chi connectivity index (χ2n) is 2.12. The Morgan fingerprint density at radius 3 is 3.00 bits per heavy atom. The average Bonchev–Trinajstić information content (AvgIpc) is 2.06. The summed E-state index contributed by atoms with van der Waals surface area (Å²) in [6.07, 6.45) is -0.409. The van der Waals surface area contributed by atoms with Gasteiger partial charge >= 0.3 is 0 Å². The number of nitriles is 1. The first-order valence-electron chi connectivity index (χ1n) is 3.36. The SMILES string of the molecule is CC(C#N)Oc1[c]cccc1. The monoisotopic (exact) mass is 146 g/mol. The molecule has 0 N–H and O–H groups in total. The fourth-order valence-electron chi connectivity index (χ4n) is 0.667. The highest BCUT2D eigenvalue weighted by molar-refractivity contribution is 5.20. The van der Waals surface area contributed by atoms with Crippen molar-refractivity contribution in [3.05, 3.63) is 30.3 Å². The molecule has 0 saturated carbocycles. The number of para-hydroxylation sites is 1. The van der Waals surface area contributed by atoms with Gasteiger partial charge in [-0.25, -0.2) is 0 Å². The Labute approximate surface area is 66.0 Å². The predicted molar refractivity (Wildman–Crippen MR) is 41.0 cm³/mol. The Morgan fingerprint density at radius 2 is 2.45 bits per heavy atom. The van der Waals surface area contributed by atoms with Gasteiger partial charge < -0.3 is 4.74 Å². The molecule has 0 aliphatic heterocycles. The number of nitrogens with zero attached hydrogens (tertiary/aromatic N) is 1. The van der Waals surface area contributed by atoms with Crippen molar-refractivity contribution in [1.82, 2.24) is 0 Å². The molecule has 0 bridgehead atoms. The van der Waals surface area contributed by atoms with Crippen LogP contribution in [0.2, 0.25) is 0 Å². The Hall–Kier alpha value is -1.49. The van der Waals surface area contributed by atoms with Gasteiger partial charge in [-0.15, -0.1) is 0 Å². The summed E-state index contributed by atoms with van der Waals surface area (Å²) in [6, 6.07) is 12.0. The Bertz CT molecular complexity index is 250. The van der Waals surface area contributed by atoms with Gasteiger partial charge in [0, 0.05) is 6.07 Å². The summed E-state index contributed by atoms with van der Waals surface area (Å²) >= 11 is 0. The summed E-state index contributed by atoms with van der Waals surface area (Å²) in [5.41, 5.74) is 0. The molecule has 0 spiro atoms. The maximum absolute atomic E-state index is 8.41. The molecule has 0 fully saturated rings. The molecule has 1 radical (unpaired) electrons. The maximum Gasteiger partial charge on any atom is 0.181 e. The van der Waals surface area contributed by atoms with E-state index >= 15 is 0 Å². The van der Waals surface area contributed by atoms with Gasteiger partial charge in [-0.05, 0) is 13.0 Å². The number of rotatable bonds is 2. The Morgan fingerprint density at radius 1 is 1.64 bits per heavy atom. The Balaban J connectivity index is 2.60. The lowest BCUT2D eigenvalue weighted by atomic mass is 10.3. The average molecular weight is 146 g/mol. The summed E-state index contributed by atoms with van der Waals surface area (Å²) in [7, 11) is 0. The number of benzene rings is 1. The number of hydrogen-bond acceptors (Lipinski definition) is 2. The number of ether oxygens (including phenoxy) is 1. The van der Waals surface area contributed by atoms with Crippen molar-refractivity contribution in [3.63, 3.8) is 0 Å². The lowest BCUT2D eigenvalue weighted by molar-refractivity contribution is 0.276. The van der Waals surface area contributed by atoms with Crippen molar-refractivity contribution in [2.75, 3.05) is 0 Å². The van der Waals surface area contributed by atoms with Crippen LogP contribution in [0.4, 0.5) is 0 Å². The van der Waals surface area contributed by atoms with Gasteiger partial charge in [0.2, 0.25) is 0 Å². The van der Waals surface area contributed by atoms with E-state index in [1.807, 2.05) is 18.2 Å². The van der Waals surface area contributed by atoms with Crippen molar-refractivity contribution in [2.24, 2.45) is 0 Å². The van der Waals surface area contributed by atoms with E-state index in [0.29, 0.717) is 5.75 Å². The largest absolute Gasteiger partial charge is 0.475 e. The highest BCUT2D eigenvalue weighted by atomic mass is 16.5. The minimum atomic E-state index is -0.409. The minimum absolute atomic E-state index is 0.409. The number of hydrogen-bond donors (Lipinski definition) is 0. The highest BCUT2D eigenvalue weighted by Crippen LogP contribution is 2.08. The molecule has 2 heteroatoms. The second-order valence-corrected chi connectivity index (χ2v) is 2.12. The third kappa shape index (κ3) is 2.30. The molecule has 55 valence electrons. The van der Waals surface area contributed by atoms with E-state index in [1.54, 1.807) is 19.1 Å². The quantitative estimate of drug-likeness (QED) is 0.637. The zero-order valence-corrected chi connectivity index (χ0v) is 6.24. The molecule has 0 aliphatic rings. The van der Waals surface area contributed by atoms with Gasteiger partial charge in [0.05, 0.1) is 0 Å². The normalized spacial score (nSPS) is 11.6. The molecule has 1 rings (SSSR count). The summed E-state index contributed by atoms with van der Waals surface area (Å²) < 4.78 is 5.15. The van der Waals surface area contributed by atoms with E-state index in [4.69, 9.17) is 10.00 Å². The van der Waals surface area contributed by atoms with Gasteiger partial charge in [-0.2, -0.15) is 5.26 Å². The van der Waals surface area contributed by atoms with Crippen LogP contribution < -0.4 is 4.74 Å². The standard InChI is InChI=1S/C9H8NO/c1-8(7-10)11-9-5-3-2-4-6-9/h2-5,8H,1H3. The van der Waals surface area contributed by atoms with Crippen LogP contribution in [0.15, 0.2) is 24.3 Å². The van der Waals surface area contributed by atoms with Gasteiger partial charge in [-0.3, -0.25) is 0 Å². The van der Waals surface area contributed by atoms with Crippen LogP contribution in [0.5, 0.6) is 5.75 Å². The summed E-state index contributed by atoms with van der Waals surface area (Å²) in [4.78, 5) is 0. The Kier molecular flexibility index (Phi) is 2.51. The molecule has 0 aromatic heterocycles. The lowest BCUT2D eigenvalue weighted by Crippen LogP contribution is -2.07. The fourth-order valence-corrected chi connectivity index (χ4v) is 0.667. The summed E-state index contributed by atoms with van der Waals surface area (Å²) in [6.45, 7) is 1.70. The van der Waals surface area contributed by atoms with Gasteiger partial charge in [0.1, 0.15) is 11.8 Å². The van der Waals surface area contributed by atoms with E-state index in [0.717, 1.165) is 0 Å². The summed E-state index contributed by atoms with van der Waals surface area (Å²) in [5.74, 6) is 0.613. The second kappa shape index (κ2) is 3.62. The molecule has 0 amide bonds. The van der Waals surface area contributed by atoms with Crippen LogP contribution >= 0.6 is 0 Å². The first-order valence-corrected chi connectivity index (χ1v) is 3.36. The zero-order chi connectivity index (χ0) is 8.10. The molecule has 1 atom stereocenters. The molecule has 1 aromatic carbocycles. The van der Waals surface area contributed by atoms with E-state index in [2.05, 4.69) is 6.07 Å². The molecule has 0 aliphatic carbocycles. The first-order chi connectivity index (χ1) is 5.33. The van der Waals surface area contributed by atoms with Crippen molar-refractivity contribution in [3.8, 4) is 11.8 Å². The van der Waals surface area contributed by atoms with Crippen molar-refractivity contribution < 1.29 is 4.74 Å². The molecular formula is C9H8NO. The van der Waals surface area contributed by atoms with E-state index in [1.165, 1.54) is 0 Å². The summed E-state index contributed by atoms with van der Waals surface area (Å²) in [5, 5.41) is 8.41. The van der Waals surface area contributed by atoms with E-state index < -0.39 is 6.10 Å².